The molecule has 1 atom stereocenters. The van der Waals surface area contributed by atoms with Crippen LogP contribution in [0.25, 0.3) is 16.8 Å². The highest BCUT2D eigenvalue weighted by molar-refractivity contribution is 6.30. The van der Waals surface area contributed by atoms with E-state index in [4.69, 9.17) is 21.4 Å². The molecule has 1 aliphatic carbocycles. The Labute approximate surface area is 179 Å². The topological polar surface area (TPSA) is 56.5 Å². The zero-order chi connectivity index (χ0) is 20.7. The number of ketones is 1. The number of hydrogen-bond donors (Lipinski definition) is 0. The molecule has 150 valence electrons. The Balaban J connectivity index is 1.70. The number of methoxy groups -OCH3 is 1. The summed E-state index contributed by atoms with van der Waals surface area (Å²) in [6.45, 7) is 0.343. The molecule has 0 spiro atoms. The van der Waals surface area contributed by atoms with Gasteiger partial charge in [-0.05, 0) is 35.6 Å². The minimum atomic E-state index is 0.104. The average molecular weight is 418 g/mol. The molecular formula is C24H20ClN3O2. The fourth-order valence-corrected chi connectivity index (χ4v) is 4.47. The van der Waals surface area contributed by atoms with Crippen LogP contribution < -0.4 is 0 Å². The zero-order valence-electron chi connectivity index (χ0n) is 16.5. The maximum absolute atomic E-state index is 12.9. The van der Waals surface area contributed by atoms with Crippen LogP contribution in [0.3, 0.4) is 0 Å². The van der Waals surface area contributed by atoms with Crippen molar-refractivity contribution in [2.45, 2.75) is 25.4 Å². The third-order valence-corrected chi connectivity index (χ3v) is 5.89. The second kappa shape index (κ2) is 7.67. The Kier molecular flexibility index (Phi) is 4.85. The number of ether oxygens (including phenoxy) is 1. The van der Waals surface area contributed by atoms with Crippen molar-refractivity contribution in [3.05, 3.63) is 88.3 Å². The van der Waals surface area contributed by atoms with Crippen molar-refractivity contribution in [2.75, 3.05) is 7.11 Å². The first-order valence-electron chi connectivity index (χ1n) is 9.88. The minimum Gasteiger partial charge on any atom is -0.378 e. The summed E-state index contributed by atoms with van der Waals surface area (Å²) in [6.07, 6.45) is 2.91. The van der Waals surface area contributed by atoms with Crippen LogP contribution in [0, 0.1) is 0 Å². The molecule has 0 aliphatic heterocycles. The van der Waals surface area contributed by atoms with Gasteiger partial charge >= 0.3 is 0 Å². The molecule has 2 aromatic heterocycles. The molecule has 6 heteroatoms. The van der Waals surface area contributed by atoms with Crippen LogP contribution in [0.2, 0.25) is 5.02 Å². The number of benzene rings is 2. The van der Waals surface area contributed by atoms with E-state index in [-0.39, 0.29) is 11.7 Å². The molecule has 0 radical (unpaired) electrons. The van der Waals surface area contributed by atoms with Crippen LogP contribution in [-0.2, 0) is 17.8 Å². The molecule has 5 rings (SSSR count). The summed E-state index contributed by atoms with van der Waals surface area (Å²) in [5.41, 5.74) is 6.02. The van der Waals surface area contributed by atoms with E-state index in [1.165, 1.54) is 5.56 Å². The van der Waals surface area contributed by atoms with E-state index in [0.717, 1.165) is 28.9 Å². The van der Waals surface area contributed by atoms with Crippen molar-refractivity contribution in [3.8, 4) is 11.1 Å². The normalized spacial score (nSPS) is 16.1. The molecule has 2 heterocycles. The molecule has 0 amide bonds. The lowest BCUT2D eigenvalue weighted by Gasteiger charge is -2.24. The molecule has 0 bridgehead atoms. The van der Waals surface area contributed by atoms with E-state index < -0.39 is 0 Å². The van der Waals surface area contributed by atoms with Crippen molar-refractivity contribution < 1.29 is 9.53 Å². The number of carbonyl (C=O) groups is 1. The first kappa shape index (κ1) is 19.0. The van der Waals surface area contributed by atoms with Gasteiger partial charge in [-0.25, -0.2) is 9.50 Å². The fourth-order valence-electron chi connectivity index (χ4n) is 4.28. The predicted molar refractivity (Wildman–Crippen MR) is 116 cm³/mol. The number of rotatable bonds is 4. The highest BCUT2D eigenvalue weighted by atomic mass is 35.5. The van der Waals surface area contributed by atoms with Crippen LogP contribution in [0.1, 0.15) is 39.6 Å². The van der Waals surface area contributed by atoms with Crippen molar-refractivity contribution in [1.29, 1.82) is 0 Å². The molecule has 0 saturated carbocycles. The van der Waals surface area contributed by atoms with Crippen LogP contribution in [0.4, 0.5) is 0 Å². The second-order valence-corrected chi connectivity index (χ2v) is 7.99. The highest BCUT2D eigenvalue weighted by Gasteiger charge is 2.30. The summed E-state index contributed by atoms with van der Waals surface area (Å²) < 4.78 is 7.23. The second-order valence-electron chi connectivity index (χ2n) is 7.56. The van der Waals surface area contributed by atoms with Gasteiger partial charge in [-0.3, -0.25) is 4.79 Å². The number of Topliss-reactive ketones (excluding diaryl/α,β-unsaturated/α-hetero) is 1. The largest absolute Gasteiger partial charge is 0.378 e. The summed E-state index contributed by atoms with van der Waals surface area (Å²) in [6, 6.07) is 17.8. The van der Waals surface area contributed by atoms with Gasteiger partial charge < -0.3 is 4.74 Å². The SMILES string of the molecule is COCc1nn2c3c(cnc2c1-c1cccc(Cl)c1)C(=O)C[C@H](c1ccccc1)C3. The van der Waals surface area contributed by atoms with Gasteiger partial charge in [0, 0.05) is 24.8 Å². The van der Waals surface area contributed by atoms with Gasteiger partial charge in [-0.15, -0.1) is 0 Å². The summed E-state index contributed by atoms with van der Waals surface area (Å²) in [5, 5.41) is 5.46. The van der Waals surface area contributed by atoms with E-state index in [1.54, 1.807) is 13.3 Å². The van der Waals surface area contributed by atoms with Gasteiger partial charge in [0.15, 0.2) is 11.4 Å². The summed E-state index contributed by atoms with van der Waals surface area (Å²) >= 11 is 6.24. The number of aromatic nitrogens is 3. The lowest BCUT2D eigenvalue weighted by Crippen LogP contribution is -2.22. The maximum Gasteiger partial charge on any atom is 0.166 e. The molecule has 0 saturated heterocycles. The quantitative estimate of drug-likeness (QED) is 0.463. The molecule has 30 heavy (non-hydrogen) atoms. The molecule has 4 aromatic rings. The Bertz CT molecular complexity index is 1250. The number of halogens is 1. The molecule has 0 unspecified atom stereocenters. The summed E-state index contributed by atoms with van der Waals surface area (Å²) in [5.74, 6) is 0.231. The number of carbonyl (C=O) groups excluding carboxylic acids is 1. The lowest BCUT2D eigenvalue weighted by molar-refractivity contribution is 0.0962. The third kappa shape index (κ3) is 3.20. The highest BCUT2D eigenvalue weighted by Crippen LogP contribution is 2.36. The Morgan fingerprint density at radius 3 is 2.73 bits per heavy atom. The first-order valence-corrected chi connectivity index (χ1v) is 10.3. The molecule has 0 N–H and O–H groups in total. The molecular weight excluding hydrogens is 398 g/mol. The van der Waals surface area contributed by atoms with E-state index in [9.17, 15) is 4.79 Å². The van der Waals surface area contributed by atoms with Crippen molar-refractivity contribution in [1.82, 2.24) is 14.6 Å². The molecule has 0 fully saturated rings. The number of fused-ring (bicyclic) bond motifs is 3. The Hall–Kier alpha value is -3.02. The number of hydrogen-bond acceptors (Lipinski definition) is 4. The monoisotopic (exact) mass is 417 g/mol. The summed E-state index contributed by atoms with van der Waals surface area (Å²) in [7, 11) is 1.64. The van der Waals surface area contributed by atoms with Crippen molar-refractivity contribution >= 4 is 23.0 Å². The van der Waals surface area contributed by atoms with Crippen molar-refractivity contribution in [3.63, 3.8) is 0 Å². The Morgan fingerprint density at radius 1 is 1.13 bits per heavy atom. The Morgan fingerprint density at radius 2 is 1.97 bits per heavy atom. The third-order valence-electron chi connectivity index (χ3n) is 5.65. The fraction of sp³-hybridized carbons (Fsp3) is 0.208. The van der Waals surface area contributed by atoms with Gasteiger partial charge in [0.1, 0.15) is 0 Å². The molecule has 2 aromatic carbocycles. The number of nitrogens with zero attached hydrogens (tertiary/aromatic N) is 3. The van der Waals surface area contributed by atoms with Crippen LogP contribution in [0.15, 0.2) is 60.8 Å². The average Bonchev–Trinajstić information content (AvgIpc) is 3.13. The van der Waals surface area contributed by atoms with Crippen LogP contribution in [0.5, 0.6) is 0 Å². The van der Waals surface area contributed by atoms with Gasteiger partial charge in [0.2, 0.25) is 0 Å². The maximum atomic E-state index is 12.9. The van der Waals surface area contributed by atoms with E-state index in [1.807, 2.05) is 47.0 Å². The van der Waals surface area contributed by atoms with Gasteiger partial charge in [0.25, 0.3) is 0 Å². The zero-order valence-corrected chi connectivity index (χ0v) is 17.3. The van der Waals surface area contributed by atoms with E-state index in [2.05, 4.69) is 17.1 Å². The first-order chi connectivity index (χ1) is 14.7. The van der Waals surface area contributed by atoms with Crippen LogP contribution in [-0.4, -0.2) is 27.5 Å². The minimum absolute atomic E-state index is 0.104. The lowest BCUT2D eigenvalue weighted by atomic mass is 9.82. The molecule has 1 aliphatic rings. The molecule has 5 nitrogen and oxygen atoms in total. The smallest absolute Gasteiger partial charge is 0.166 e. The van der Waals surface area contributed by atoms with E-state index >= 15 is 0 Å². The van der Waals surface area contributed by atoms with Crippen LogP contribution >= 0.6 is 11.6 Å². The predicted octanol–water partition coefficient (Wildman–Crippen LogP) is 5.11. The standard InChI is InChI=1S/C24H20ClN3O2/c1-30-14-20-23(16-8-5-9-18(25)10-16)24-26-13-19-21(28(24)27-20)11-17(12-22(19)29)15-6-3-2-4-7-15/h2-10,13,17H,11-12,14H2,1H3/t17-/m1/s1. The van der Waals surface area contributed by atoms with E-state index in [0.29, 0.717) is 29.3 Å². The summed E-state index contributed by atoms with van der Waals surface area (Å²) in [4.78, 5) is 17.6. The van der Waals surface area contributed by atoms with Crippen molar-refractivity contribution in [2.24, 2.45) is 0 Å². The van der Waals surface area contributed by atoms with Gasteiger partial charge in [0.05, 0.1) is 29.1 Å². The van der Waals surface area contributed by atoms with Gasteiger partial charge in [-0.2, -0.15) is 5.10 Å². The van der Waals surface area contributed by atoms with Gasteiger partial charge in [-0.1, -0.05) is 54.1 Å².